The highest BCUT2D eigenvalue weighted by molar-refractivity contribution is 5.74. The topological polar surface area (TPSA) is 621 Å². The van der Waals surface area contributed by atoms with Crippen molar-refractivity contribution in [2.75, 3.05) is 46.2 Å². The Bertz CT molecular complexity index is 2310. The maximum atomic E-state index is 12.4. The molecule has 0 aromatic rings. The zero-order chi connectivity index (χ0) is 66.5. The number of nitrogens with one attached hydrogen (secondary N) is 4. The van der Waals surface area contributed by atoms with Crippen molar-refractivity contribution in [1.29, 1.82) is 0 Å². The fourth-order valence-electron chi connectivity index (χ4n) is 11.4. The van der Waals surface area contributed by atoms with Crippen molar-refractivity contribution in [3.05, 3.63) is 0 Å². The number of aliphatic hydroxyl groups excluding tert-OH is 19. The van der Waals surface area contributed by atoms with Crippen LogP contribution in [0.15, 0.2) is 0 Å². The first-order valence-corrected chi connectivity index (χ1v) is 28.6. The molecule has 7 aliphatic rings. The highest BCUT2D eigenvalue weighted by Crippen LogP contribution is 2.37. The number of hydrogen-bond acceptors (Lipinski definition) is 36. The molecular formula is C50H84N4O36. The fraction of sp³-hybridized carbons (Fsp3) is 0.920. The number of hydrogen-bond donors (Lipinski definition) is 23. The molecule has 0 bridgehead atoms. The average Bonchev–Trinajstić information content (AvgIpc) is 0.838. The Kier molecular flexibility index (Phi) is 26.6. The second-order valence-corrected chi connectivity index (χ2v) is 22.6. The van der Waals surface area contributed by atoms with Crippen LogP contribution in [0.5, 0.6) is 0 Å². The van der Waals surface area contributed by atoms with E-state index < -0.39 is 285 Å². The van der Waals surface area contributed by atoms with Gasteiger partial charge in [0.05, 0.1) is 46.2 Å². The van der Waals surface area contributed by atoms with E-state index in [1.54, 1.807) is 0 Å². The van der Waals surface area contributed by atoms with Crippen LogP contribution >= 0.6 is 0 Å². The van der Waals surface area contributed by atoms with Crippen LogP contribution in [0.4, 0.5) is 0 Å². The van der Waals surface area contributed by atoms with E-state index in [1.165, 1.54) is 0 Å². The smallest absolute Gasteiger partial charge is 0.217 e. The van der Waals surface area contributed by atoms with Gasteiger partial charge in [-0.25, -0.2) is 0 Å². The molecule has 23 N–H and O–H groups in total. The minimum absolute atomic E-state index is 0.753. The first kappa shape index (κ1) is 74.0. The Balaban J connectivity index is 1.21. The van der Waals surface area contributed by atoms with Crippen molar-refractivity contribution < 1.29 is 178 Å². The molecule has 35 atom stereocenters. The molecule has 0 spiro atoms. The largest absolute Gasteiger partial charge is 0.394 e. The zero-order valence-electron chi connectivity index (χ0n) is 48.6. The lowest BCUT2D eigenvalue weighted by Gasteiger charge is -2.50. The fourth-order valence-corrected chi connectivity index (χ4v) is 11.4. The molecule has 7 aliphatic heterocycles. The maximum Gasteiger partial charge on any atom is 0.217 e. The van der Waals surface area contributed by atoms with Gasteiger partial charge in [-0.15, -0.1) is 0 Å². The van der Waals surface area contributed by atoms with Gasteiger partial charge < -0.3 is 180 Å². The first-order chi connectivity index (χ1) is 42.5. The molecule has 7 saturated heterocycles. The Hall–Kier alpha value is -3.40. The van der Waals surface area contributed by atoms with E-state index in [9.17, 15) is 116 Å². The summed E-state index contributed by atoms with van der Waals surface area (Å²) in [6.07, 6.45) is -61.1. The lowest BCUT2D eigenvalue weighted by atomic mass is 9.94. The van der Waals surface area contributed by atoms with Gasteiger partial charge >= 0.3 is 0 Å². The third-order valence-electron chi connectivity index (χ3n) is 16.1. The lowest BCUT2D eigenvalue weighted by molar-refractivity contribution is -0.390. The SMILES string of the molecule is CC(=O)N[C@H]1[C@H](OC[C@H]2O[C@H](OC[C@H]3O[C@@H](O[C@H]4[C@H](O)[C@@H](NC(C)=O)C(O)O[C@@H]4CO)[C@@H](O)[C@@H](O[C@H]4O[C@H](CO)[C@@H](O[C@@H]5O[C@H](CO)[C@@H](O)[C@H](O)[C@H]5NC(C)=O)[C@H](O)[C@@H]4O)[C@@H]3O)[C@@H](O[C@@H]3O[C@H](CO)[C@@H](O)[C@H](O)[C@H]3NC(C)=O)[C@@H](O)[C@@H]2O)O[C@H](CO)[C@@H](O)[C@@H]1O. The van der Waals surface area contributed by atoms with E-state index in [0.717, 1.165) is 27.7 Å². The average molecular weight is 1320 g/mol. The molecule has 40 heteroatoms. The summed E-state index contributed by atoms with van der Waals surface area (Å²) in [5, 5.41) is 218. The van der Waals surface area contributed by atoms with E-state index in [-0.39, 0.29) is 0 Å². The van der Waals surface area contributed by atoms with Crippen LogP contribution in [0.25, 0.3) is 0 Å². The molecular weight excluding hydrogens is 1230 g/mol. The lowest BCUT2D eigenvalue weighted by Crippen LogP contribution is -2.69. The summed E-state index contributed by atoms with van der Waals surface area (Å²) in [4.78, 5) is 48.9. The molecule has 1 unspecified atom stereocenters. The van der Waals surface area contributed by atoms with Gasteiger partial charge in [0.15, 0.2) is 44.0 Å². The number of rotatable bonds is 23. The monoisotopic (exact) mass is 1320 g/mol. The number of amides is 4. The molecule has 7 heterocycles. The molecule has 40 nitrogen and oxygen atoms in total. The van der Waals surface area contributed by atoms with Crippen LogP contribution in [-0.4, -0.2) is 382 Å². The van der Waals surface area contributed by atoms with E-state index in [0.29, 0.717) is 0 Å². The number of carbonyl (C=O) groups excluding carboxylic acids is 4. The van der Waals surface area contributed by atoms with Crippen LogP contribution in [0.3, 0.4) is 0 Å². The third-order valence-corrected chi connectivity index (χ3v) is 16.1. The number of aliphatic hydroxyl groups is 19. The summed E-state index contributed by atoms with van der Waals surface area (Å²) in [6, 6.07) is -6.58. The molecule has 0 radical (unpaired) electrons. The standard InChI is InChI=1S/C50H84N4O36/c1-12(60)51-23-35(72)40(19(8-58)80-44(23)77)88-49-39(76)42(89-48-38(75)37(74)41(20(9-59)84-48)87-46-25(53-14(3)62)33(70)28(65)17(6-56)82-46)31(68)22(85-49)11-79-50-43(90-47-26(54-15(4)63)34(71)29(66)18(7-57)83-47)36(73)30(67)21(86-50)10-78-45-24(52-13(2)61)32(69)27(64)16(5-55)81-45/h16-50,55-59,64-77H,5-11H2,1-4H3,(H,51,60)(H,52,61)(H,53,62)(H,54,63)/t16-,17-,18-,19-,20-,21-,22-,23-,24-,25-,26-,27-,28-,29-,30-,31-,32-,33-,34-,35-,36+,37-,38+,39+,40-,41-,42+,43+,44?,45-,46+,47+,48-,49+,50+/m1/s1. The molecule has 0 aromatic heterocycles. The van der Waals surface area contributed by atoms with Crippen LogP contribution in [0.1, 0.15) is 27.7 Å². The Morgan fingerprint density at radius 3 is 1.07 bits per heavy atom. The highest BCUT2D eigenvalue weighted by atomic mass is 16.8. The molecule has 0 saturated carbocycles. The van der Waals surface area contributed by atoms with E-state index in [1.807, 2.05) is 0 Å². The van der Waals surface area contributed by atoms with Gasteiger partial charge in [0.2, 0.25) is 23.6 Å². The van der Waals surface area contributed by atoms with Crippen molar-refractivity contribution in [3.63, 3.8) is 0 Å². The van der Waals surface area contributed by atoms with Crippen LogP contribution in [-0.2, 0) is 80.8 Å². The van der Waals surface area contributed by atoms with Crippen molar-refractivity contribution in [1.82, 2.24) is 21.3 Å². The molecule has 7 rings (SSSR count). The van der Waals surface area contributed by atoms with Crippen LogP contribution in [0.2, 0.25) is 0 Å². The highest BCUT2D eigenvalue weighted by Gasteiger charge is 2.58. The predicted molar refractivity (Wildman–Crippen MR) is 278 cm³/mol. The van der Waals surface area contributed by atoms with Gasteiger partial charge in [-0.05, 0) is 0 Å². The summed E-state index contributed by atoms with van der Waals surface area (Å²) in [7, 11) is 0. The Labute approximate surface area is 510 Å². The van der Waals surface area contributed by atoms with Gasteiger partial charge in [-0.3, -0.25) is 19.2 Å². The van der Waals surface area contributed by atoms with E-state index in [2.05, 4.69) is 21.3 Å². The molecule has 520 valence electrons. The first-order valence-electron chi connectivity index (χ1n) is 28.6. The van der Waals surface area contributed by atoms with Gasteiger partial charge in [-0.1, -0.05) is 0 Å². The van der Waals surface area contributed by atoms with Crippen molar-refractivity contribution in [2.24, 2.45) is 0 Å². The zero-order valence-corrected chi connectivity index (χ0v) is 48.6. The Morgan fingerprint density at radius 2 is 0.600 bits per heavy atom. The van der Waals surface area contributed by atoms with Crippen molar-refractivity contribution in [3.8, 4) is 0 Å². The normalized spacial score (nSPS) is 47.6. The Morgan fingerprint density at radius 1 is 0.289 bits per heavy atom. The van der Waals surface area contributed by atoms with Crippen LogP contribution in [0, 0.1) is 0 Å². The second-order valence-electron chi connectivity index (χ2n) is 22.6. The number of carbonyl (C=O) groups is 4. The third kappa shape index (κ3) is 16.6. The molecule has 7 fully saturated rings. The minimum Gasteiger partial charge on any atom is -0.394 e. The molecule has 4 amide bonds. The van der Waals surface area contributed by atoms with Crippen molar-refractivity contribution >= 4 is 23.6 Å². The predicted octanol–water partition coefficient (Wildman–Crippen LogP) is -15.7. The van der Waals surface area contributed by atoms with E-state index >= 15 is 0 Å². The second kappa shape index (κ2) is 32.4. The molecule has 90 heavy (non-hydrogen) atoms. The van der Waals surface area contributed by atoms with Gasteiger partial charge in [0.25, 0.3) is 0 Å². The summed E-state index contributed by atoms with van der Waals surface area (Å²) in [5.41, 5.74) is 0. The molecule has 0 aliphatic carbocycles. The quantitative estimate of drug-likeness (QED) is 0.0452. The summed E-state index contributed by atoms with van der Waals surface area (Å²) < 4.78 is 76.0. The van der Waals surface area contributed by atoms with Crippen LogP contribution < -0.4 is 21.3 Å². The summed E-state index contributed by atoms with van der Waals surface area (Å²) in [6.45, 7) is -2.77. The number of ether oxygens (including phenoxy) is 13. The maximum absolute atomic E-state index is 12.4. The van der Waals surface area contributed by atoms with E-state index in [4.69, 9.17) is 61.6 Å². The minimum atomic E-state index is -2.37. The van der Waals surface area contributed by atoms with Gasteiger partial charge in [-0.2, -0.15) is 0 Å². The van der Waals surface area contributed by atoms with Crippen molar-refractivity contribution in [2.45, 2.75) is 242 Å². The summed E-state index contributed by atoms with van der Waals surface area (Å²) >= 11 is 0. The molecule has 0 aromatic carbocycles. The summed E-state index contributed by atoms with van der Waals surface area (Å²) in [5.74, 6) is -3.16. The van der Waals surface area contributed by atoms with Gasteiger partial charge in [0.1, 0.15) is 171 Å². The van der Waals surface area contributed by atoms with Gasteiger partial charge in [0, 0.05) is 27.7 Å².